The Morgan fingerprint density at radius 2 is 1.95 bits per heavy atom. The van der Waals surface area contributed by atoms with Crippen LogP contribution in [0.4, 0.5) is 10.1 Å². The minimum absolute atomic E-state index is 0.191. The van der Waals surface area contributed by atoms with Crippen molar-refractivity contribution in [2.75, 3.05) is 5.73 Å². The van der Waals surface area contributed by atoms with Crippen LogP contribution in [0.2, 0.25) is 0 Å². The van der Waals surface area contributed by atoms with Gasteiger partial charge in [-0.3, -0.25) is 4.79 Å². The molecule has 0 bridgehead atoms. The first-order chi connectivity index (χ1) is 10.0. The summed E-state index contributed by atoms with van der Waals surface area (Å²) in [7, 11) is 0. The highest BCUT2D eigenvalue weighted by atomic mass is 19.1. The highest BCUT2D eigenvalue weighted by Gasteiger charge is 2.07. The second kappa shape index (κ2) is 6.70. The van der Waals surface area contributed by atoms with Gasteiger partial charge in [0.15, 0.2) is 0 Å². The summed E-state index contributed by atoms with van der Waals surface area (Å²) in [6, 6.07) is 13.1. The van der Waals surface area contributed by atoms with E-state index in [1.165, 1.54) is 18.2 Å². The van der Waals surface area contributed by atoms with Crippen LogP contribution in [0.3, 0.4) is 0 Å². The smallest absolute Gasteiger partial charge is 0.244 e. The predicted octanol–water partition coefficient (Wildman–Crippen LogP) is 3.30. The Labute approximate surface area is 123 Å². The zero-order valence-electron chi connectivity index (χ0n) is 11.7. The number of carbonyl (C=O) groups excluding carboxylic acids is 1. The number of nitrogen functional groups attached to an aromatic ring is 1. The summed E-state index contributed by atoms with van der Waals surface area (Å²) >= 11 is 0. The average molecular weight is 284 g/mol. The Hall–Kier alpha value is -2.62. The van der Waals surface area contributed by atoms with Gasteiger partial charge in [0.2, 0.25) is 5.91 Å². The fourth-order valence-electron chi connectivity index (χ4n) is 1.93. The lowest BCUT2D eigenvalue weighted by Crippen LogP contribution is -2.24. The zero-order valence-corrected chi connectivity index (χ0v) is 11.7. The van der Waals surface area contributed by atoms with E-state index in [0.29, 0.717) is 5.69 Å². The maximum atomic E-state index is 12.8. The topological polar surface area (TPSA) is 55.1 Å². The maximum Gasteiger partial charge on any atom is 0.244 e. The molecule has 1 atom stereocenters. The van der Waals surface area contributed by atoms with Crippen molar-refractivity contribution in [2.24, 2.45) is 0 Å². The zero-order chi connectivity index (χ0) is 15.2. The van der Waals surface area contributed by atoms with E-state index in [1.54, 1.807) is 30.3 Å². The molecular formula is C17H17FN2O. The molecule has 0 aliphatic rings. The van der Waals surface area contributed by atoms with Gasteiger partial charge in [-0.15, -0.1) is 0 Å². The molecule has 108 valence electrons. The molecule has 0 unspecified atom stereocenters. The van der Waals surface area contributed by atoms with Crippen LogP contribution >= 0.6 is 0 Å². The molecule has 0 aliphatic heterocycles. The molecule has 1 amide bonds. The van der Waals surface area contributed by atoms with E-state index in [1.807, 2.05) is 19.1 Å². The third-order valence-corrected chi connectivity index (χ3v) is 3.07. The van der Waals surface area contributed by atoms with E-state index < -0.39 is 0 Å². The molecule has 2 rings (SSSR count). The van der Waals surface area contributed by atoms with Crippen LogP contribution in [0.15, 0.2) is 54.6 Å². The van der Waals surface area contributed by atoms with Crippen LogP contribution in [0.25, 0.3) is 6.08 Å². The number of hydrogen-bond donors (Lipinski definition) is 2. The minimum atomic E-state index is -0.293. The Morgan fingerprint density at radius 3 is 2.62 bits per heavy atom. The van der Waals surface area contributed by atoms with Gasteiger partial charge in [-0.25, -0.2) is 4.39 Å². The molecule has 21 heavy (non-hydrogen) atoms. The summed E-state index contributed by atoms with van der Waals surface area (Å²) in [6.45, 7) is 1.85. The molecular weight excluding hydrogens is 267 g/mol. The summed E-state index contributed by atoms with van der Waals surface area (Å²) in [5, 5.41) is 2.82. The summed E-state index contributed by atoms with van der Waals surface area (Å²) in [6.07, 6.45) is 3.15. The standard InChI is InChI=1S/C17H17FN2O/c1-12(14-6-8-15(18)9-7-14)20-17(21)10-5-13-3-2-4-16(19)11-13/h2-12H,19H2,1H3,(H,20,21)/b10-5+/t12-/m1/s1. The van der Waals surface area contributed by atoms with E-state index in [9.17, 15) is 9.18 Å². The van der Waals surface area contributed by atoms with Gasteiger partial charge in [-0.05, 0) is 48.4 Å². The van der Waals surface area contributed by atoms with E-state index in [-0.39, 0.29) is 17.8 Å². The van der Waals surface area contributed by atoms with E-state index in [2.05, 4.69) is 5.32 Å². The SMILES string of the molecule is C[C@@H](NC(=O)/C=C/c1cccc(N)c1)c1ccc(F)cc1. The van der Waals surface area contributed by atoms with Crippen molar-refractivity contribution in [2.45, 2.75) is 13.0 Å². The number of halogens is 1. The molecule has 2 aromatic rings. The molecule has 0 heterocycles. The van der Waals surface area contributed by atoms with Crippen molar-refractivity contribution >= 4 is 17.7 Å². The van der Waals surface area contributed by atoms with Crippen LogP contribution in [0.1, 0.15) is 24.1 Å². The van der Waals surface area contributed by atoms with E-state index >= 15 is 0 Å². The first-order valence-corrected chi connectivity index (χ1v) is 6.64. The molecule has 0 spiro atoms. The van der Waals surface area contributed by atoms with Crippen LogP contribution in [0, 0.1) is 5.82 Å². The molecule has 0 aromatic heterocycles. The van der Waals surface area contributed by atoms with Crippen molar-refractivity contribution < 1.29 is 9.18 Å². The van der Waals surface area contributed by atoms with Gasteiger partial charge in [-0.1, -0.05) is 24.3 Å². The number of hydrogen-bond acceptors (Lipinski definition) is 2. The maximum absolute atomic E-state index is 12.8. The fourth-order valence-corrected chi connectivity index (χ4v) is 1.93. The van der Waals surface area contributed by atoms with E-state index in [0.717, 1.165) is 11.1 Å². The van der Waals surface area contributed by atoms with Gasteiger partial charge in [-0.2, -0.15) is 0 Å². The Bertz CT molecular complexity index is 650. The van der Waals surface area contributed by atoms with Gasteiger partial charge in [0.25, 0.3) is 0 Å². The van der Waals surface area contributed by atoms with Crippen molar-refractivity contribution in [3.63, 3.8) is 0 Å². The lowest BCUT2D eigenvalue weighted by atomic mass is 10.1. The molecule has 2 aromatic carbocycles. The Kier molecular flexibility index (Phi) is 4.72. The number of anilines is 1. The molecule has 0 saturated heterocycles. The number of rotatable bonds is 4. The lowest BCUT2D eigenvalue weighted by Gasteiger charge is -2.12. The molecule has 4 heteroatoms. The second-order valence-electron chi connectivity index (χ2n) is 4.79. The number of carbonyl (C=O) groups is 1. The summed E-state index contributed by atoms with van der Waals surface area (Å²) in [5.41, 5.74) is 8.03. The molecule has 3 N–H and O–H groups in total. The first-order valence-electron chi connectivity index (χ1n) is 6.64. The number of nitrogens with two attached hydrogens (primary N) is 1. The van der Waals surface area contributed by atoms with Gasteiger partial charge in [0.05, 0.1) is 6.04 Å². The Morgan fingerprint density at radius 1 is 1.24 bits per heavy atom. The molecule has 0 radical (unpaired) electrons. The third kappa shape index (κ3) is 4.45. The van der Waals surface area contributed by atoms with Crippen molar-refractivity contribution in [1.29, 1.82) is 0 Å². The third-order valence-electron chi connectivity index (χ3n) is 3.07. The van der Waals surface area contributed by atoms with Crippen LogP contribution < -0.4 is 11.1 Å². The molecule has 0 fully saturated rings. The number of benzene rings is 2. The molecule has 3 nitrogen and oxygen atoms in total. The lowest BCUT2D eigenvalue weighted by molar-refractivity contribution is -0.117. The van der Waals surface area contributed by atoms with Crippen molar-refractivity contribution in [3.8, 4) is 0 Å². The number of amides is 1. The van der Waals surface area contributed by atoms with Crippen LogP contribution in [0.5, 0.6) is 0 Å². The van der Waals surface area contributed by atoms with Gasteiger partial charge >= 0.3 is 0 Å². The van der Waals surface area contributed by atoms with E-state index in [4.69, 9.17) is 5.73 Å². The highest BCUT2D eigenvalue weighted by Crippen LogP contribution is 2.13. The largest absolute Gasteiger partial charge is 0.399 e. The van der Waals surface area contributed by atoms with Gasteiger partial charge in [0, 0.05) is 11.8 Å². The quantitative estimate of drug-likeness (QED) is 0.668. The minimum Gasteiger partial charge on any atom is -0.399 e. The predicted molar refractivity (Wildman–Crippen MR) is 82.8 cm³/mol. The first kappa shape index (κ1) is 14.8. The normalized spacial score (nSPS) is 12.3. The summed E-state index contributed by atoms with van der Waals surface area (Å²) in [5.74, 6) is -0.506. The fraction of sp³-hybridized carbons (Fsp3) is 0.118. The number of nitrogens with one attached hydrogen (secondary N) is 1. The summed E-state index contributed by atoms with van der Waals surface area (Å²) in [4.78, 5) is 11.8. The average Bonchev–Trinajstić information content (AvgIpc) is 2.46. The Balaban J connectivity index is 1.96. The van der Waals surface area contributed by atoms with Gasteiger partial charge in [0.1, 0.15) is 5.82 Å². The van der Waals surface area contributed by atoms with Crippen LogP contribution in [-0.4, -0.2) is 5.91 Å². The van der Waals surface area contributed by atoms with Crippen LogP contribution in [-0.2, 0) is 4.79 Å². The van der Waals surface area contributed by atoms with Crippen molar-refractivity contribution in [1.82, 2.24) is 5.32 Å². The summed E-state index contributed by atoms with van der Waals surface area (Å²) < 4.78 is 12.8. The highest BCUT2D eigenvalue weighted by molar-refractivity contribution is 5.92. The second-order valence-corrected chi connectivity index (χ2v) is 4.79. The molecule has 0 saturated carbocycles. The molecule has 0 aliphatic carbocycles. The van der Waals surface area contributed by atoms with Gasteiger partial charge < -0.3 is 11.1 Å². The van der Waals surface area contributed by atoms with Crippen molar-refractivity contribution in [3.05, 3.63) is 71.6 Å². The monoisotopic (exact) mass is 284 g/mol.